The second-order valence-corrected chi connectivity index (χ2v) is 7.13. The Hall–Kier alpha value is -1.94. The summed E-state index contributed by atoms with van der Waals surface area (Å²) in [7, 11) is 0. The molecule has 0 bridgehead atoms. The number of rotatable bonds is 3. The van der Waals surface area contributed by atoms with Crippen molar-refractivity contribution in [1.82, 2.24) is 0 Å². The molecule has 114 valence electrons. The van der Waals surface area contributed by atoms with Crippen LogP contribution in [-0.2, 0) is 12.8 Å². The number of aryl methyl sites for hydroxylation is 1. The number of anilines is 1. The normalized spacial score (nSPS) is 16.9. The zero-order valence-corrected chi connectivity index (χ0v) is 13.6. The summed E-state index contributed by atoms with van der Waals surface area (Å²) in [5.41, 5.74) is 2.60. The maximum Gasteiger partial charge on any atom is 0.265 e. The van der Waals surface area contributed by atoms with Crippen LogP contribution in [0.15, 0.2) is 30.3 Å². The van der Waals surface area contributed by atoms with Gasteiger partial charge in [0.15, 0.2) is 5.78 Å². The quantitative estimate of drug-likeness (QED) is 0.857. The molecular weight excluding hydrogens is 294 g/mol. The first kappa shape index (κ1) is 15.0. The number of Topliss-reactive ketones (excluding diaryl/α,β-unsaturated/α-hetero) is 1. The number of benzene rings is 1. The van der Waals surface area contributed by atoms with Gasteiger partial charge < -0.3 is 5.32 Å². The van der Waals surface area contributed by atoms with Gasteiger partial charge in [-0.3, -0.25) is 9.59 Å². The summed E-state index contributed by atoms with van der Waals surface area (Å²) in [5, 5.41) is 2.89. The van der Waals surface area contributed by atoms with E-state index in [9.17, 15) is 9.59 Å². The van der Waals surface area contributed by atoms with E-state index in [1.54, 1.807) is 35.6 Å². The van der Waals surface area contributed by atoms with Gasteiger partial charge in [-0.25, -0.2) is 0 Å². The largest absolute Gasteiger partial charge is 0.321 e. The van der Waals surface area contributed by atoms with Crippen molar-refractivity contribution in [3.63, 3.8) is 0 Å². The average Bonchev–Trinajstić information content (AvgIpc) is 2.90. The lowest BCUT2D eigenvalue weighted by Gasteiger charge is -2.16. The third-order valence-electron chi connectivity index (χ3n) is 4.08. The zero-order valence-electron chi connectivity index (χ0n) is 12.8. The Kier molecular flexibility index (Phi) is 4.12. The minimum atomic E-state index is -0.0900. The van der Waals surface area contributed by atoms with Crippen molar-refractivity contribution in [2.45, 2.75) is 33.1 Å². The zero-order chi connectivity index (χ0) is 15.7. The molecule has 1 amide bonds. The van der Waals surface area contributed by atoms with E-state index in [0.717, 1.165) is 17.7 Å². The van der Waals surface area contributed by atoms with Crippen molar-refractivity contribution in [1.29, 1.82) is 0 Å². The van der Waals surface area contributed by atoms with Gasteiger partial charge >= 0.3 is 0 Å². The number of ketones is 1. The van der Waals surface area contributed by atoms with Crippen molar-refractivity contribution >= 4 is 28.7 Å². The van der Waals surface area contributed by atoms with Crippen LogP contribution in [0.2, 0.25) is 0 Å². The van der Waals surface area contributed by atoms with Crippen molar-refractivity contribution in [2.75, 3.05) is 5.32 Å². The highest BCUT2D eigenvalue weighted by molar-refractivity contribution is 7.14. The van der Waals surface area contributed by atoms with E-state index in [-0.39, 0.29) is 11.7 Å². The van der Waals surface area contributed by atoms with Crippen LogP contribution in [0.3, 0.4) is 0 Å². The van der Waals surface area contributed by atoms with Gasteiger partial charge in [0.1, 0.15) is 0 Å². The van der Waals surface area contributed by atoms with Gasteiger partial charge in [-0.1, -0.05) is 19.1 Å². The molecule has 1 aromatic carbocycles. The third-order valence-corrected chi connectivity index (χ3v) is 5.32. The summed E-state index contributed by atoms with van der Waals surface area (Å²) in [6.45, 7) is 3.78. The molecule has 1 aliphatic carbocycles. The molecule has 1 N–H and O–H groups in total. The van der Waals surface area contributed by atoms with Crippen LogP contribution < -0.4 is 5.32 Å². The van der Waals surface area contributed by atoms with E-state index in [4.69, 9.17) is 0 Å². The van der Waals surface area contributed by atoms with Gasteiger partial charge in [-0.2, -0.15) is 0 Å². The molecule has 2 aromatic rings. The Morgan fingerprint density at radius 2 is 2.09 bits per heavy atom. The molecule has 1 heterocycles. The molecule has 0 aliphatic heterocycles. The fourth-order valence-corrected chi connectivity index (χ4v) is 3.93. The fourth-order valence-electron chi connectivity index (χ4n) is 2.83. The lowest BCUT2D eigenvalue weighted by atomic mass is 9.90. The number of hydrogen-bond donors (Lipinski definition) is 1. The Labute approximate surface area is 134 Å². The molecule has 1 aromatic heterocycles. The summed E-state index contributed by atoms with van der Waals surface area (Å²) in [4.78, 5) is 25.9. The van der Waals surface area contributed by atoms with Crippen LogP contribution in [0.4, 0.5) is 5.69 Å². The van der Waals surface area contributed by atoms with E-state index < -0.39 is 0 Å². The summed E-state index contributed by atoms with van der Waals surface area (Å²) in [6, 6.07) is 9.09. The molecule has 1 aliphatic rings. The van der Waals surface area contributed by atoms with Crippen LogP contribution in [0, 0.1) is 5.92 Å². The third kappa shape index (κ3) is 3.12. The number of carbonyl (C=O) groups excluding carboxylic acids is 2. The number of fused-ring (bicyclic) bond motifs is 1. The average molecular weight is 313 g/mol. The second-order valence-electron chi connectivity index (χ2n) is 6.00. The molecule has 0 spiro atoms. The standard InChI is InChI=1S/C18H19NO2S/c1-11-6-7-16-14(8-11)10-17(22-16)18(21)19-15-5-3-4-13(9-15)12(2)20/h3-5,9-11H,6-8H2,1-2H3,(H,19,21)/t11-/m1/s1. The minimum Gasteiger partial charge on any atom is -0.321 e. The van der Waals surface area contributed by atoms with Gasteiger partial charge in [-0.05, 0) is 55.9 Å². The summed E-state index contributed by atoms with van der Waals surface area (Å²) in [5.74, 6) is 0.606. The maximum absolute atomic E-state index is 12.4. The molecule has 22 heavy (non-hydrogen) atoms. The van der Waals surface area contributed by atoms with Crippen molar-refractivity contribution < 1.29 is 9.59 Å². The highest BCUT2D eigenvalue weighted by atomic mass is 32.1. The smallest absolute Gasteiger partial charge is 0.265 e. The van der Waals surface area contributed by atoms with Gasteiger partial charge in [0.25, 0.3) is 5.91 Å². The Balaban J connectivity index is 1.77. The van der Waals surface area contributed by atoms with Crippen LogP contribution in [0.1, 0.15) is 50.7 Å². The van der Waals surface area contributed by atoms with Gasteiger partial charge in [0, 0.05) is 16.1 Å². The Morgan fingerprint density at radius 1 is 1.27 bits per heavy atom. The molecule has 0 saturated heterocycles. The molecule has 3 rings (SSSR count). The van der Waals surface area contributed by atoms with E-state index in [2.05, 4.69) is 12.2 Å². The summed E-state index contributed by atoms with van der Waals surface area (Å²) >= 11 is 1.60. The molecule has 0 unspecified atom stereocenters. The lowest BCUT2D eigenvalue weighted by molar-refractivity contribution is 0.101. The van der Waals surface area contributed by atoms with E-state index in [1.807, 2.05) is 6.07 Å². The topological polar surface area (TPSA) is 46.2 Å². The second kappa shape index (κ2) is 6.05. The monoisotopic (exact) mass is 313 g/mol. The number of amides is 1. The highest BCUT2D eigenvalue weighted by Gasteiger charge is 2.20. The highest BCUT2D eigenvalue weighted by Crippen LogP contribution is 2.32. The van der Waals surface area contributed by atoms with Crippen molar-refractivity contribution in [2.24, 2.45) is 5.92 Å². The predicted molar refractivity (Wildman–Crippen MR) is 89.9 cm³/mol. The number of nitrogens with one attached hydrogen (secondary N) is 1. The molecule has 0 fully saturated rings. The SMILES string of the molecule is CC(=O)c1cccc(NC(=O)c2cc3c(s2)CC[C@@H](C)C3)c1. The predicted octanol–water partition coefficient (Wildman–Crippen LogP) is 4.33. The van der Waals surface area contributed by atoms with Gasteiger partial charge in [-0.15, -0.1) is 11.3 Å². The van der Waals surface area contributed by atoms with Crippen molar-refractivity contribution in [3.05, 3.63) is 51.2 Å². The van der Waals surface area contributed by atoms with E-state index in [1.165, 1.54) is 23.8 Å². The molecular formula is C18H19NO2S. The molecule has 0 radical (unpaired) electrons. The first-order chi connectivity index (χ1) is 10.5. The maximum atomic E-state index is 12.4. The van der Waals surface area contributed by atoms with Gasteiger partial charge in [0.05, 0.1) is 4.88 Å². The molecule has 3 nitrogen and oxygen atoms in total. The lowest BCUT2D eigenvalue weighted by Crippen LogP contribution is -2.10. The summed E-state index contributed by atoms with van der Waals surface area (Å²) < 4.78 is 0. The van der Waals surface area contributed by atoms with Crippen LogP contribution in [-0.4, -0.2) is 11.7 Å². The first-order valence-electron chi connectivity index (χ1n) is 7.57. The number of thiophene rings is 1. The fraction of sp³-hybridized carbons (Fsp3) is 0.333. The number of carbonyl (C=O) groups is 2. The van der Waals surface area contributed by atoms with E-state index in [0.29, 0.717) is 17.2 Å². The van der Waals surface area contributed by atoms with E-state index >= 15 is 0 Å². The Bertz CT molecular complexity index is 732. The minimum absolute atomic E-state index is 0.00308. The molecule has 0 saturated carbocycles. The van der Waals surface area contributed by atoms with Crippen LogP contribution >= 0.6 is 11.3 Å². The molecule has 1 atom stereocenters. The first-order valence-corrected chi connectivity index (χ1v) is 8.38. The summed E-state index contributed by atoms with van der Waals surface area (Å²) in [6.07, 6.45) is 3.35. The van der Waals surface area contributed by atoms with Crippen LogP contribution in [0.5, 0.6) is 0 Å². The van der Waals surface area contributed by atoms with Gasteiger partial charge in [0.2, 0.25) is 0 Å². The number of hydrogen-bond acceptors (Lipinski definition) is 3. The van der Waals surface area contributed by atoms with Crippen molar-refractivity contribution in [3.8, 4) is 0 Å². The molecule has 4 heteroatoms. The van der Waals surface area contributed by atoms with Crippen LogP contribution in [0.25, 0.3) is 0 Å². The Morgan fingerprint density at radius 3 is 2.86 bits per heavy atom.